The van der Waals surface area contributed by atoms with E-state index in [0.29, 0.717) is 11.6 Å². The van der Waals surface area contributed by atoms with Crippen molar-refractivity contribution in [2.24, 2.45) is 5.92 Å². The fourth-order valence-electron chi connectivity index (χ4n) is 1.66. The highest BCUT2D eigenvalue weighted by atomic mass is 15.3. The largest absolute Gasteiger partial charge is 0.384 e. The van der Waals surface area contributed by atoms with Gasteiger partial charge in [0, 0.05) is 18.9 Å². The molecule has 16 heavy (non-hydrogen) atoms. The van der Waals surface area contributed by atoms with Gasteiger partial charge in [-0.15, -0.1) is 0 Å². The number of nitrogens with two attached hydrogens (primary N) is 1. The first-order valence-electron chi connectivity index (χ1n) is 5.42. The lowest BCUT2D eigenvalue weighted by molar-refractivity contribution is 0.563. The first kappa shape index (κ1) is 9.33. The molecule has 2 N–H and O–H groups in total. The molecule has 0 amide bonds. The molecule has 82 valence electrons. The maximum Gasteiger partial charge on any atom is 0.164 e. The minimum atomic E-state index is 0.486. The third-order valence-corrected chi connectivity index (χ3v) is 2.71. The van der Waals surface area contributed by atoms with Gasteiger partial charge in [0.2, 0.25) is 0 Å². The van der Waals surface area contributed by atoms with Crippen LogP contribution in [0.15, 0.2) is 24.7 Å². The minimum Gasteiger partial charge on any atom is -0.384 e. The molecule has 2 aromatic rings. The number of hydrogen-bond acceptors (Lipinski definition) is 4. The molecule has 1 aliphatic rings. The van der Waals surface area contributed by atoms with Crippen LogP contribution in [0, 0.1) is 5.92 Å². The van der Waals surface area contributed by atoms with Gasteiger partial charge in [0.15, 0.2) is 5.82 Å². The molecule has 1 fully saturated rings. The molecule has 0 unspecified atom stereocenters. The number of aromatic nitrogens is 4. The first-order chi connectivity index (χ1) is 7.81. The van der Waals surface area contributed by atoms with E-state index < -0.39 is 0 Å². The summed E-state index contributed by atoms with van der Waals surface area (Å²) in [7, 11) is 0. The van der Waals surface area contributed by atoms with Crippen LogP contribution in [0.1, 0.15) is 12.8 Å². The second-order valence-electron chi connectivity index (χ2n) is 4.20. The summed E-state index contributed by atoms with van der Waals surface area (Å²) in [5.74, 6) is 1.94. The number of nitrogen functional groups attached to an aromatic ring is 1. The van der Waals surface area contributed by atoms with Gasteiger partial charge in [0.05, 0.1) is 11.8 Å². The van der Waals surface area contributed by atoms with E-state index in [0.717, 1.165) is 18.0 Å². The van der Waals surface area contributed by atoms with Crippen molar-refractivity contribution in [1.29, 1.82) is 0 Å². The Kier molecular flexibility index (Phi) is 2.09. The molecule has 0 atom stereocenters. The third-order valence-electron chi connectivity index (χ3n) is 2.71. The summed E-state index contributed by atoms with van der Waals surface area (Å²) < 4.78 is 1.96. The molecule has 0 aromatic carbocycles. The highest BCUT2D eigenvalue weighted by Gasteiger charge is 2.22. The van der Waals surface area contributed by atoms with Gasteiger partial charge in [-0.2, -0.15) is 5.10 Å². The summed E-state index contributed by atoms with van der Waals surface area (Å²) in [5.41, 5.74) is 6.54. The predicted octanol–water partition coefficient (Wildman–Crippen LogP) is 1.33. The van der Waals surface area contributed by atoms with Crippen LogP contribution in [0.2, 0.25) is 0 Å². The molecule has 0 saturated heterocycles. The number of hydrogen-bond donors (Lipinski definition) is 1. The lowest BCUT2D eigenvalue weighted by Crippen LogP contribution is -1.99. The predicted molar refractivity (Wildman–Crippen MR) is 60.4 cm³/mol. The zero-order valence-corrected chi connectivity index (χ0v) is 8.87. The summed E-state index contributed by atoms with van der Waals surface area (Å²) in [4.78, 5) is 8.34. The molecule has 5 heteroatoms. The van der Waals surface area contributed by atoms with Crippen molar-refractivity contribution in [1.82, 2.24) is 19.7 Å². The van der Waals surface area contributed by atoms with Gasteiger partial charge >= 0.3 is 0 Å². The van der Waals surface area contributed by atoms with Gasteiger partial charge in [-0.05, 0) is 24.8 Å². The van der Waals surface area contributed by atoms with Crippen molar-refractivity contribution < 1.29 is 0 Å². The second kappa shape index (κ2) is 3.59. The van der Waals surface area contributed by atoms with Crippen LogP contribution in [-0.2, 0) is 6.54 Å². The van der Waals surface area contributed by atoms with E-state index in [4.69, 9.17) is 5.73 Å². The smallest absolute Gasteiger partial charge is 0.164 e. The van der Waals surface area contributed by atoms with Gasteiger partial charge < -0.3 is 5.73 Å². The Bertz CT molecular complexity index is 501. The highest BCUT2D eigenvalue weighted by Crippen LogP contribution is 2.30. The van der Waals surface area contributed by atoms with E-state index in [-0.39, 0.29) is 0 Å². The van der Waals surface area contributed by atoms with E-state index in [9.17, 15) is 0 Å². The highest BCUT2D eigenvalue weighted by molar-refractivity contribution is 5.53. The summed E-state index contributed by atoms with van der Waals surface area (Å²) in [6.45, 7) is 1.00. The van der Waals surface area contributed by atoms with Crippen molar-refractivity contribution in [2.45, 2.75) is 19.4 Å². The van der Waals surface area contributed by atoms with Crippen LogP contribution in [0.5, 0.6) is 0 Å². The average Bonchev–Trinajstić information content (AvgIpc) is 2.94. The second-order valence-corrected chi connectivity index (χ2v) is 4.20. The van der Waals surface area contributed by atoms with Crippen LogP contribution < -0.4 is 5.73 Å². The molecule has 0 bridgehead atoms. The Balaban J connectivity index is 1.85. The van der Waals surface area contributed by atoms with Crippen molar-refractivity contribution >= 4 is 5.82 Å². The molecule has 0 radical (unpaired) electrons. The maximum absolute atomic E-state index is 5.62. The number of anilines is 1. The molecular formula is C11H13N5. The fraction of sp³-hybridized carbons (Fsp3) is 0.364. The van der Waals surface area contributed by atoms with Gasteiger partial charge in [-0.25, -0.2) is 9.97 Å². The molecule has 1 saturated carbocycles. The summed E-state index contributed by atoms with van der Waals surface area (Å²) in [6, 6.07) is 1.68. The molecule has 1 aliphatic carbocycles. The lowest BCUT2D eigenvalue weighted by Gasteiger charge is -1.97. The van der Waals surface area contributed by atoms with E-state index in [1.807, 2.05) is 10.9 Å². The van der Waals surface area contributed by atoms with Crippen molar-refractivity contribution in [3.63, 3.8) is 0 Å². The third kappa shape index (κ3) is 1.88. The Labute approximate surface area is 93.3 Å². The van der Waals surface area contributed by atoms with E-state index in [2.05, 4.69) is 15.1 Å². The topological polar surface area (TPSA) is 69.6 Å². The van der Waals surface area contributed by atoms with Crippen LogP contribution in [0.4, 0.5) is 5.82 Å². The Morgan fingerprint density at radius 2 is 2.31 bits per heavy atom. The minimum absolute atomic E-state index is 0.486. The molecule has 0 aliphatic heterocycles. The number of rotatable bonds is 3. The first-order valence-corrected chi connectivity index (χ1v) is 5.42. The number of nitrogens with zero attached hydrogens (tertiary/aromatic N) is 4. The Hall–Kier alpha value is -1.91. The lowest BCUT2D eigenvalue weighted by atomic mass is 10.3. The van der Waals surface area contributed by atoms with Gasteiger partial charge in [0.1, 0.15) is 5.82 Å². The zero-order chi connectivity index (χ0) is 11.0. The quantitative estimate of drug-likeness (QED) is 0.838. The van der Waals surface area contributed by atoms with Crippen LogP contribution in [0.25, 0.3) is 11.4 Å². The van der Waals surface area contributed by atoms with Crippen LogP contribution >= 0.6 is 0 Å². The normalized spacial score (nSPS) is 15.2. The van der Waals surface area contributed by atoms with Gasteiger partial charge in [-0.1, -0.05) is 0 Å². The fourth-order valence-corrected chi connectivity index (χ4v) is 1.66. The van der Waals surface area contributed by atoms with Gasteiger partial charge in [-0.3, -0.25) is 4.68 Å². The summed E-state index contributed by atoms with van der Waals surface area (Å²) in [5, 5.41) is 4.30. The molecule has 5 nitrogen and oxygen atoms in total. The van der Waals surface area contributed by atoms with E-state index in [1.54, 1.807) is 18.5 Å². The molecule has 3 rings (SSSR count). The van der Waals surface area contributed by atoms with Crippen LogP contribution in [-0.4, -0.2) is 19.7 Å². The summed E-state index contributed by atoms with van der Waals surface area (Å²) >= 11 is 0. The van der Waals surface area contributed by atoms with Crippen molar-refractivity contribution in [3.8, 4) is 11.4 Å². The maximum atomic E-state index is 5.62. The molecule has 2 aromatic heterocycles. The Morgan fingerprint density at radius 1 is 1.44 bits per heavy atom. The SMILES string of the molecule is Nc1ccnc(-c2cnn(CC3CC3)c2)n1. The molecule has 0 spiro atoms. The van der Waals surface area contributed by atoms with Crippen molar-refractivity contribution in [2.75, 3.05) is 5.73 Å². The molecule has 2 heterocycles. The van der Waals surface area contributed by atoms with E-state index >= 15 is 0 Å². The standard InChI is InChI=1S/C11H13N5/c12-10-3-4-13-11(15-10)9-5-14-16(7-9)6-8-1-2-8/h3-5,7-8H,1-2,6H2,(H2,12,13,15). The van der Waals surface area contributed by atoms with Gasteiger partial charge in [0.25, 0.3) is 0 Å². The molecular weight excluding hydrogens is 202 g/mol. The average molecular weight is 215 g/mol. The summed E-state index contributed by atoms with van der Waals surface area (Å²) in [6.07, 6.45) is 8.08. The van der Waals surface area contributed by atoms with Crippen molar-refractivity contribution in [3.05, 3.63) is 24.7 Å². The van der Waals surface area contributed by atoms with Crippen LogP contribution in [0.3, 0.4) is 0 Å². The zero-order valence-electron chi connectivity index (χ0n) is 8.87. The van der Waals surface area contributed by atoms with E-state index in [1.165, 1.54) is 12.8 Å². The monoisotopic (exact) mass is 215 g/mol. The Morgan fingerprint density at radius 3 is 3.06 bits per heavy atom.